The fourth-order valence-electron chi connectivity index (χ4n) is 2.09. The van der Waals surface area contributed by atoms with Crippen LogP contribution in [-0.2, 0) is 4.79 Å². The first kappa shape index (κ1) is 11.7. The lowest BCUT2D eigenvalue weighted by molar-refractivity contribution is -0.147. The SMILES string of the molecule is Cc1occc1C(=O)N1CCC(C)(C(=O)O)C1. The second kappa shape index (κ2) is 3.91. The molecule has 1 N–H and O–H groups in total. The summed E-state index contributed by atoms with van der Waals surface area (Å²) in [5.74, 6) is -0.433. The van der Waals surface area contributed by atoms with Gasteiger partial charge in [-0.25, -0.2) is 0 Å². The highest BCUT2D eigenvalue weighted by Gasteiger charge is 2.42. The summed E-state index contributed by atoms with van der Waals surface area (Å²) in [7, 11) is 0. The molecule has 1 saturated heterocycles. The fourth-order valence-corrected chi connectivity index (χ4v) is 2.09. The predicted molar refractivity (Wildman–Crippen MR) is 59.7 cm³/mol. The molecule has 1 aromatic rings. The Balaban J connectivity index is 2.15. The van der Waals surface area contributed by atoms with Crippen molar-refractivity contribution < 1.29 is 19.1 Å². The first-order valence-corrected chi connectivity index (χ1v) is 5.51. The predicted octanol–water partition coefficient (Wildman–Crippen LogP) is 1.52. The van der Waals surface area contributed by atoms with Crippen LogP contribution in [0.4, 0.5) is 0 Å². The van der Waals surface area contributed by atoms with E-state index in [1.54, 1.807) is 24.8 Å². The van der Waals surface area contributed by atoms with Crippen molar-refractivity contribution in [2.45, 2.75) is 20.3 Å². The Bertz CT molecular complexity index is 465. The van der Waals surface area contributed by atoms with Crippen molar-refractivity contribution in [3.8, 4) is 0 Å². The van der Waals surface area contributed by atoms with Gasteiger partial charge >= 0.3 is 5.97 Å². The molecule has 1 amide bonds. The first-order valence-electron chi connectivity index (χ1n) is 5.51. The van der Waals surface area contributed by atoms with Gasteiger partial charge in [-0.2, -0.15) is 0 Å². The molecule has 1 unspecified atom stereocenters. The van der Waals surface area contributed by atoms with E-state index < -0.39 is 11.4 Å². The van der Waals surface area contributed by atoms with Gasteiger partial charge in [-0.3, -0.25) is 9.59 Å². The zero-order chi connectivity index (χ0) is 12.6. The van der Waals surface area contributed by atoms with Crippen molar-refractivity contribution in [2.24, 2.45) is 5.41 Å². The number of carbonyl (C=O) groups excluding carboxylic acids is 1. The lowest BCUT2D eigenvalue weighted by Gasteiger charge is -2.19. The normalized spacial score (nSPS) is 24.0. The molecular weight excluding hydrogens is 222 g/mol. The molecular formula is C12H15NO4. The Hall–Kier alpha value is -1.78. The summed E-state index contributed by atoms with van der Waals surface area (Å²) in [5, 5.41) is 9.10. The number of likely N-dealkylation sites (tertiary alicyclic amines) is 1. The Kier molecular flexibility index (Phi) is 2.69. The maximum Gasteiger partial charge on any atom is 0.311 e. The van der Waals surface area contributed by atoms with E-state index in [-0.39, 0.29) is 12.5 Å². The number of amides is 1. The van der Waals surface area contributed by atoms with Crippen LogP contribution in [0.2, 0.25) is 0 Å². The summed E-state index contributed by atoms with van der Waals surface area (Å²) in [6.45, 7) is 4.13. The van der Waals surface area contributed by atoms with E-state index in [4.69, 9.17) is 9.52 Å². The quantitative estimate of drug-likeness (QED) is 0.846. The molecule has 0 radical (unpaired) electrons. The average molecular weight is 237 g/mol. The number of furan rings is 1. The maximum absolute atomic E-state index is 12.1. The molecule has 5 heteroatoms. The number of aliphatic carboxylic acids is 1. The molecule has 1 aromatic heterocycles. The first-order chi connectivity index (χ1) is 7.94. The van der Waals surface area contributed by atoms with Gasteiger partial charge in [-0.05, 0) is 26.3 Å². The minimum atomic E-state index is -0.850. The second-order valence-corrected chi connectivity index (χ2v) is 4.73. The number of aryl methyl sites for hydroxylation is 1. The third kappa shape index (κ3) is 1.92. The standard InChI is InChI=1S/C12H15NO4/c1-8-9(3-6-17-8)10(14)13-5-4-12(2,7-13)11(15)16/h3,6H,4-5,7H2,1-2H3,(H,15,16). The van der Waals surface area contributed by atoms with Crippen molar-refractivity contribution in [1.29, 1.82) is 0 Å². The van der Waals surface area contributed by atoms with Crippen LogP contribution >= 0.6 is 0 Å². The number of carboxylic acids is 1. The summed E-state index contributed by atoms with van der Waals surface area (Å²) in [5.41, 5.74) is -0.313. The average Bonchev–Trinajstić information content (AvgIpc) is 2.85. The fraction of sp³-hybridized carbons (Fsp3) is 0.500. The molecule has 1 fully saturated rings. The maximum atomic E-state index is 12.1. The Morgan fingerprint density at radius 3 is 2.71 bits per heavy atom. The number of nitrogens with zero attached hydrogens (tertiary/aromatic N) is 1. The third-order valence-corrected chi connectivity index (χ3v) is 3.37. The van der Waals surface area contributed by atoms with Crippen molar-refractivity contribution in [2.75, 3.05) is 13.1 Å². The molecule has 1 aliphatic rings. The van der Waals surface area contributed by atoms with Crippen molar-refractivity contribution >= 4 is 11.9 Å². The number of carbonyl (C=O) groups is 2. The van der Waals surface area contributed by atoms with Crippen molar-refractivity contribution in [3.05, 3.63) is 23.7 Å². The highest BCUT2D eigenvalue weighted by atomic mass is 16.4. The number of rotatable bonds is 2. The topological polar surface area (TPSA) is 70.8 Å². The number of hydrogen-bond donors (Lipinski definition) is 1. The van der Waals surface area contributed by atoms with Crippen LogP contribution in [0.5, 0.6) is 0 Å². The van der Waals surface area contributed by atoms with Crippen LogP contribution in [0.15, 0.2) is 16.7 Å². The molecule has 0 aliphatic carbocycles. The molecule has 5 nitrogen and oxygen atoms in total. The molecule has 2 rings (SSSR count). The van der Waals surface area contributed by atoms with Gasteiger partial charge in [-0.1, -0.05) is 0 Å². The Labute approximate surface area is 99.0 Å². The molecule has 2 heterocycles. The van der Waals surface area contributed by atoms with E-state index in [0.717, 1.165) is 0 Å². The van der Waals surface area contributed by atoms with Crippen molar-refractivity contribution in [1.82, 2.24) is 4.90 Å². The molecule has 1 aliphatic heterocycles. The van der Waals surface area contributed by atoms with Crippen molar-refractivity contribution in [3.63, 3.8) is 0 Å². The summed E-state index contributed by atoms with van der Waals surface area (Å²) in [6, 6.07) is 1.62. The monoisotopic (exact) mass is 237 g/mol. The number of hydrogen-bond acceptors (Lipinski definition) is 3. The van der Waals surface area contributed by atoms with Crippen LogP contribution < -0.4 is 0 Å². The summed E-state index contributed by atoms with van der Waals surface area (Å²) < 4.78 is 5.08. The molecule has 0 spiro atoms. The van der Waals surface area contributed by atoms with E-state index in [0.29, 0.717) is 24.3 Å². The van der Waals surface area contributed by atoms with Crippen LogP contribution in [-0.4, -0.2) is 35.0 Å². The molecule has 1 atom stereocenters. The lowest BCUT2D eigenvalue weighted by Crippen LogP contribution is -2.34. The minimum Gasteiger partial charge on any atom is -0.481 e. The van der Waals surface area contributed by atoms with E-state index in [1.807, 2.05) is 0 Å². The highest BCUT2D eigenvalue weighted by Crippen LogP contribution is 2.31. The minimum absolute atomic E-state index is 0.152. The van der Waals surface area contributed by atoms with Gasteiger partial charge in [0.15, 0.2) is 0 Å². The van der Waals surface area contributed by atoms with Crippen LogP contribution in [0.3, 0.4) is 0 Å². The molecule has 0 aromatic carbocycles. The van der Waals surface area contributed by atoms with Gasteiger partial charge in [0.1, 0.15) is 5.76 Å². The Morgan fingerprint density at radius 1 is 1.53 bits per heavy atom. The van der Waals surface area contributed by atoms with Gasteiger partial charge in [0, 0.05) is 13.1 Å². The molecule has 92 valence electrons. The zero-order valence-electron chi connectivity index (χ0n) is 9.90. The molecule has 0 bridgehead atoms. The van der Waals surface area contributed by atoms with Gasteiger partial charge in [0.2, 0.25) is 0 Å². The van der Waals surface area contributed by atoms with Gasteiger partial charge in [0.05, 0.1) is 17.2 Å². The van der Waals surface area contributed by atoms with Crippen LogP contribution in [0.1, 0.15) is 29.5 Å². The summed E-state index contributed by atoms with van der Waals surface area (Å²) in [6.07, 6.45) is 1.96. The molecule has 17 heavy (non-hydrogen) atoms. The smallest absolute Gasteiger partial charge is 0.311 e. The van der Waals surface area contributed by atoms with Gasteiger partial charge in [-0.15, -0.1) is 0 Å². The van der Waals surface area contributed by atoms with Crippen LogP contribution in [0.25, 0.3) is 0 Å². The summed E-state index contributed by atoms with van der Waals surface area (Å²) >= 11 is 0. The van der Waals surface area contributed by atoms with Gasteiger partial charge < -0.3 is 14.4 Å². The van der Waals surface area contributed by atoms with E-state index in [9.17, 15) is 9.59 Å². The van der Waals surface area contributed by atoms with E-state index in [1.165, 1.54) is 6.26 Å². The molecule has 0 saturated carbocycles. The van der Waals surface area contributed by atoms with E-state index in [2.05, 4.69) is 0 Å². The lowest BCUT2D eigenvalue weighted by atomic mass is 9.90. The summed E-state index contributed by atoms with van der Waals surface area (Å²) in [4.78, 5) is 24.8. The zero-order valence-corrected chi connectivity index (χ0v) is 9.90. The van der Waals surface area contributed by atoms with E-state index >= 15 is 0 Å². The number of carboxylic acid groups (broad SMARTS) is 1. The Morgan fingerprint density at radius 2 is 2.24 bits per heavy atom. The van der Waals surface area contributed by atoms with Gasteiger partial charge in [0.25, 0.3) is 5.91 Å². The third-order valence-electron chi connectivity index (χ3n) is 3.37. The second-order valence-electron chi connectivity index (χ2n) is 4.73. The largest absolute Gasteiger partial charge is 0.481 e. The highest BCUT2D eigenvalue weighted by molar-refractivity contribution is 5.95. The van der Waals surface area contributed by atoms with Crippen LogP contribution in [0, 0.1) is 12.3 Å².